The van der Waals surface area contributed by atoms with Gasteiger partial charge in [-0.1, -0.05) is 13.3 Å². The summed E-state index contributed by atoms with van der Waals surface area (Å²) in [6, 6.07) is 1.95. The summed E-state index contributed by atoms with van der Waals surface area (Å²) >= 11 is 3.28. The Morgan fingerprint density at radius 2 is 2.30 bits per heavy atom. The molecule has 0 aromatic carbocycles. The zero-order chi connectivity index (χ0) is 7.40. The van der Waals surface area contributed by atoms with E-state index in [1.54, 1.807) is 6.33 Å². The van der Waals surface area contributed by atoms with Gasteiger partial charge in [-0.25, -0.2) is 9.97 Å². The molecule has 0 atom stereocenters. The van der Waals surface area contributed by atoms with Crippen LogP contribution in [0.1, 0.15) is 19.0 Å². The second kappa shape index (κ2) is 3.66. The highest BCUT2D eigenvalue weighted by Gasteiger charge is 1.92. The van der Waals surface area contributed by atoms with Crippen LogP contribution in [-0.2, 0) is 6.42 Å². The summed E-state index contributed by atoms with van der Waals surface area (Å²) in [5.41, 5.74) is 1.10. The smallest absolute Gasteiger partial charge is 0.116 e. The van der Waals surface area contributed by atoms with Gasteiger partial charge < -0.3 is 0 Å². The molecular weight excluding hydrogens is 192 g/mol. The minimum atomic E-state index is 0.867. The first-order valence-corrected chi connectivity index (χ1v) is 4.08. The molecule has 0 aliphatic rings. The van der Waals surface area contributed by atoms with Crippen molar-refractivity contribution in [3.8, 4) is 0 Å². The normalized spacial score (nSPS) is 9.80. The van der Waals surface area contributed by atoms with Crippen LogP contribution >= 0.6 is 15.9 Å². The van der Waals surface area contributed by atoms with E-state index in [0.29, 0.717) is 0 Å². The Kier molecular flexibility index (Phi) is 2.81. The number of aromatic nitrogens is 2. The van der Waals surface area contributed by atoms with Crippen LogP contribution in [0.3, 0.4) is 0 Å². The van der Waals surface area contributed by atoms with Crippen molar-refractivity contribution in [2.24, 2.45) is 0 Å². The van der Waals surface area contributed by atoms with E-state index < -0.39 is 0 Å². The van der Waals surface area contributed by atoms with Crippen LogP contribution in [0.25, 0.3) is 0 Å². The van der Waals surface area contributed by atoms with Gasteiger partial charge in [0.15, 0.2) is 0 Å². The second-order valence-electron chi connectivity index (χ2n) is 2.08. The van der Waals surface area contributed by atoms with Gasteiger partial charge in [-0.3, -0.25) is 0 Å². The molecule has 0 unspecified atom stereocenters. The molecule has 0 spiro atoms. The van der Waals surface area contributed by atoms with Crippen LogP contribution in [-0.4, -0.2) is 9.97 Å². The molecule has 0 aliphatic heterocycles. The summed E-state index contributed by atoms with van der Waals surface area (Å²) in [7, 11) is 0. The van der Waals surface area contributed by atoms with E-state index in [9.17, 15) is 0 Å². The fourth-order valence-electron chi connectivity index (χ4n) is 0.763. The lowest BCUT2D eigenvalue weighted by molar-refractivity contribution is 0.869. The maximum atomic E-state index is 4.09. The molecule has 1 rings (SSSR count). The lowest BCUT2D eigenvalue weighted by Gasteiger charge is -1.95. The molecule has 0 saturated heterocycles. The van der Waals surface area contributed by atoms with Crippen molar-refractivity contribution in [2.45, 2.75) is 19.8 Å². The number of rotatable bonds is 2. The molecule has 2 nitrogen and oxygen atoms in total. The topological polar surface area (TPSA) is 25.8 Å². The third kappa shape index (κ3) is 2.06. The summed E-state index contributed by atoms with van der Waals surface area (Å²) in [6.07, 6.45) is 3.74. The Morgan fingerprint density at radius 1 is 1.50 bits per heavy atom. The highest BCUT2D eigenvalue weighted by Crippen LogP contribution is 2.06. The predicted molar refractivity (Wildman–Crippen MR) is 43.7 cm³/mol. The number of nitrogens with zero attached hydrogens (tertiary/aromatic N) is 2. The molecule has 0 saturated carbocycles. The molecule has 0 N–H and O–H groups in total. The van der Waals surface area contributed by atoms with Crippen molar-refractivity contribution < 1.29 is 0 Å². The number of hydrogen-bond acceptors (Lipinski definition) is 2. The Labute approximate surface area is 68.8 Å². The van der Waals surface area contributed by atoms with Crippen LogP contribution in [0, 0.1) is 0 Å². The van der Waals surface area contributed by atoms with Crippen molar-refractivity contribution in [1.29, 1.82) is 0 Å². The number of hydrogen-bond donors (Lipinski definition) is 0. The van der Waals surface area contributed by atoms with Crippen molar-refractivity contribution in [3.05, 3.63) is 22.7 Å². The zero-order valence-electron chi connectivity index (χ0n) is 5.84. The first-order chi connectivity index (χ1) is 4.83. The minimum Gasteiger partial charge on any atom is -0.241 e. The van der Waals surface area contributed by atoms with Gasteiger partial charge in [0.25, 0.3) is 0 Å². The average molecular weight is 201 g/mol. The molecule has 0 fully saturated rings. The molecule has 1 aromatic rings. The van der Waals surface area contributed by atoms with Crippen LogP contribution in [0.15, 0.2) is 17.0 Å². The zero-order valence-corrected chi connectivity index (χ0v) is 7.43. The monoisotopic (exact) mass is 200 g/mol. The third-order valence-corrected chi connectivity index (χ3v) is 1.63. The van der Waals surface area contributed by atoms with Crippen LogP contribution in [0.4, 0.5) is 0 Å². The highest BCUT2D eigenvalue weighted by atomic mass is 79.9. The van der Waals surface area contributed by atoms with Gasteiger partial charge in [0.2, 0.25) is 0 Å². The van der Waals surface area contributed by atoms with Crippen molar-refractivity contribution in [2.75, 3.05) is 0 Å². The lowest BCUT2D eigenvalue weighted by atomic mass is 10.2. The highest BCUT2D eigenvalue weighted by molar-refractivity contribution is 9.10. The van der Waals surface area contributed by atoms with Gasteiger partial charge in [-0.2, -0.15) is 0 Å². The molecular formula is C7H9BrN2. The van der Waals surface area contributed by atoms with Gasteiger partial charge in [-0.05, 0) is 28.4 Å². The molecule has 0 amide bonds. The van der Waals surface area contributed by atoms with Gasteiger partial charge in [-0.15, -0.1) is 0 Å². The van der Waals surface area contributed by atoms with E-state index in [1.807, 2.05) is 6.07 Å². The standard InChI is InChI=1S/C7H9BrN2/c1-2-3-6-4-7(8)10-5-9-6/h4-5H,2-3H2,1H3. The fraction of sp³-hybridized carbons (Fsp3) is 0.429. The van der Waals surface area contributed by atoms with Gasteiger partial charge in [0, 0.05) is 5.69 Å². The molecule has 0 aliphatic carbocycles. The fourth-order valence-corrected chi connectivity index (χ4v) is 1.12. The van der Waals surface area contributed by atoms with Gasteiger partial charge in [0.1, 0.15) is 10.9 Å². The van der Waals surface area contributed by atoms with E-state index >= 15 is 0 Å². The van der Waals surface area contributed by atoms with Crippen LogP contribution in [0.2, 0.25) is 0 Å². The largest absolute Gasteiger partial charge is 0.241 e. The molecule has 54 valence electrons. The van der Waals surface area contributed by atoms with Gasteiger partial charge >= 0.3 is 0 Å². The molecule has 0 bridgehead atoms. The van der Waals surface area contributed by atoms with E-state index in [0.717, 1.165) is 23.1 Å². The van der Waals surface area contributed by atoms with Crippen molar-refractivity contribution >= 4 is 15.9 Å². The maximum Gasteiger partial charge on any atom is 0.116 e. The number of halogens is 1. The second-order valence-corrected chi connectivity index (χ2v) is 2.89. The first kappa shape index (κ1) is 7.66. The SMILES string of the molecule is CCCc1cc(Br)ncn1. The van der Waals surface area contributed by atoms with Crippen LogP contribution in [0.5, 0.6) is 0 Å². The average Bonchev–Trinajstić information content (AvgIpc) is 1.88. The van der Waals surface area contributed by atoms with Crippen molar-refractivity contribution in [1.82, 2.24) is 9.97 Å². The third-order valence-electron chi connectivity index (χ3n) is 1.20. The molecule has 1 aromatic heterocycles. The van der Waals surface area contributed by atoms with Crippen molar-refractivity contribution in [3.63, 3.8) is 0 Å². The summed E-state index contributed by atoms with van der Waals surface area (Å²) in [5, 5.41) is 0. The Bertz CT molecular complexity index is 213. The number of aryl methyl sites for hydroxylation is 1. The van der Waals surface area contributed by atoms with E-state index in [4.69, 9.17) is 0 Å². The maximum absolute atomic E-state index is 4.09. The Balaban J connectivity index is 2.75. The predicted octanol–water partition coefficient (Wildman–Crippen LogP) is 2.19. The minimum absolute atomic E-state index is 0.867. The van der Waals surface area contributed by atoms with E-state index in [-0.39, 0.29) is 0 Å². The molecule has 3 heteroatoms. The van der Waals surface area contributed by atoms with Gasteiger partial charge in [0.05, 0.1) is 0 Å². The molecule has 0 radical (unpaired) electrons. The van der Waals surface area contributed by atoms with E-state index in [1.165, 1.54) is 0 Å². The van der Waals surface area contributed by atoms with Crippen LogP contribution < -0.4 is 0 Å². The summed E-state index contributed by atoms with van der Waals surface area (Å²) < 4.78 is 0.867. The first-order valence-electron chi connectivity index (χ1n) is 3.29. The Hall–Kier alpha value is -0.440. The molecule has 1 heterocycles. The lowest BCUT2D eigenvalue weighted by Crippen LogP contribution is -1.89. The molecule has 10 heavy (non-hydrogen) atoms. The van der Waals surface area contributed by atoms with E-state index in [2.05, 4.69) is 32.8 Å². The summed E-state index contributed by atoms with van der Waals surface area (Å²) in [4.78, 5) is 8.02. The summed E-state index contributed by atoms with van der Waals surface area (Å²) in [5.74, 6) is 0. The summed E-state index contributed by atoms with van der Waals surface area (Å²) in [6.45, 7) is 2.13. The Morgan fingerprint density at radius 3 is 2.90 bits per heavy atom. The quantitative estimate of drug-likeness (QED) is 0.685.